The maximum absolute atomic E-state index is 11.9. The molecule has 0 aliphatic rings. The van der Waals surface area contributed by atoms with E-state index in [4.69, 9.17) is 0 Å². The number of anilines is 1. The molecule has 0 fully saturated rings. The van der Waals surface area contributed by atoms with E-state index in [1.54, 1.807) is 11.9 Å². The molecule has 0 saturated carbocycles. The Hall–Kier alpha value is -1.57. The summed E-state index contributed by atoms with van der Waals surface area (Å²) in [5.41, 5.74) is 1.53. The molecule has 1 aromatic rings. The van der Waals surface area contributed by atoms with Crippen LogP contribution < -0.4 is 4.90 Å². The minimum atomic E-state index is -0.0174. The van der Waals surface area contributed by atoms with Gasteiger partial charge in [-0.25, -0.2) is 0 Å². The van der Waals surface area contributed by atoms with Gasteiger partial charge in [-0.05, 0) is 18.1 Å². The Bertz CT molecular complexity index is 354. The summed E-state index contributed by atoms with van der Waals surface area (Å²) in [5, 5.41) is 0. The lowest BCUT2D eigenvalue weighted by Gasteiger charge is -2.20. The van der Waals surface area contributed by atoms with Crippen LogP contribution >= 0.6 is 0 Å². The van der Waals surface area contributed by atoms with E-state index >= 15 is 0 Å². The third kappa shape index (κ3) is 2.69. The molecule has 0 N–H and O–H groups in total. The van der Waals surface area contributed by atoms with Crippen molar-refractivity contribution in [1.29, 1.82) is 0 Å². The van der Waals surface area contributed by atoms with E-state index in [1.165, 1.54) is 0 Å². The number of hydrogen-bond donors (Lipinski definition) is 0. The van der Waals surface area contributed by atoms with Gasteiger partial charge in [-0.1, -0.05) is 38.6 Å². The standard InChI is InChI=1S/C13H17NO/c1-10(2)11(3)13(15)14(4)12-8-6-5-7-9-12/h5-10H,3H2,1-2,4H3. The molecule has 0 unspecified atom stereocenters. The number of benzene rings is 1. The average molecular weight is 203 g/mol. The van der Waals surface area contributed by atoms with Crippen LogP contribution in [0.4, 0.5) is 5.69 Å². The lowest BCUT2D eigenvalue weighted by atomic mass is 10.0. The molecule has 0 atom stereocenters. The van der Waals surface area contributed by atoms with Crippen LogP contribution in [0, 0.1) is 5.92 Å². The second-order valence-corrected chi connectivity index (χ2v) is 3.88. The Labute approximate surface area is 91.2 Å². The fourth-order valence-electron chi connectivity index (χ4n) is 1.23. The van der Waals surface area contributed by atoms with E-state index in [9.17, 15) is 4.79 Å². The van der Waals surface area contributed by atoms with Crippen LogP contribution in [-0.2, 0) is 4.79 Å². The fraction of sp³-hybridized carbons (Fsp3) is 0.308. The Kier molecular flexibility index (Phi) is 3.67. The lowest BCUT2D eigenvalue weighted by Crippen LogP contribution is -2.28. The number of para-hydroxylation sites is 1. The molecule has 0 aliphatic heterocycles. The van der Waals surface area contributed by atoms with Crippen molar-refractivity contribution >= 4 is 11.6 Å². The Morgan fingerprint density at radius 2 is 1.80 bits per heavy atom. The SMILES string of the molecule is C=C(C(=O)N(C)c1ccccc1)C(C)C. The van der Waals surface area contributed by atoms with Crippen LogP contribution in [-0.4, -0.2) is 13.0 Å². The third-order valence-corrected chi connectivity index (χ3v) is 2.42. The number of nitrogens with zero attached hydrogens (tertiary/aromatic N) is 1. The predicted octanol–water partition coefficient (Wildman–Crippen LogP) is 2.86. The summed E-state index contributed by atoms with van der Waals surface area (Å²) in [6.07, 6.45) is 0. The largest absolute Gasteiger partial charge is 0.312 e. The van der Waals surface area contributed by atoms with Gasteiger partial charge in [0.25, 0.3) is 5.91 Å². The zero-order valence-electron chi connectivity index (χ0n) is 9.53. The van der Waals surface area contributed by atoms with E-state index in [1.807, 2.05) is 44.2 Å². The predicted molar refractivity (Wildman–Crippen MR) is 63.8 cm³/mol. The molecule has 80 valence electrons. The molecule has 0 saturated heterocycles. The summed E-state index contributed by atoms with van der Waals surface area (Å²) in [7, 11) is 1.77. The molecule has 0 aromatic heterocycles. The molecule has 15 heavy (non-hydrogen) atoms. The van der Waals surface area contributed by atoms with Gasteiger partial charge in [0.2, 0.25) is 0 Å². The third-order valence-electron chi connectivity index (χ3n) is 2.42. The lowest BCUT2D eigenvalue weighted by molar-refractivity contribution is -0.115. The molecule has 0 heterocycles. The molecular formula is C13H17NO. The Morgan fingerprint density at radius 1 is 1.27 bits per heavy atom. The first-order valence-electron chi connectivity index (χ1n) is 5.06. The Balaban J connectivity index is 2.82. The first-order chi connectivity index (χ1) is 7.04. The normalized spacial score (nSPS) is 10.1. The van der Waals surface area contributed by atoms with E-state index in [2.05, 4.69) is 6.58 Å². The zero-order chi connectivity index (χ0) is 11.4. The van der Waals surface area contributed by atoms with Crippen molar-refractivity contribution in [1.82, 2.24) is 0 Å². The van der Waals surface area contributed by atoms with Crippen LogP contribution in [0.5, 0.6) is 0 Å². The van der Waals surface area contributed by atoms with Gasteiger partial charge in [0, 0.05) is 18.3 Å². The first kappa shape index (κ1) is 11.5. The van der Waals surface area contributed by atoms with Gasteiger partial charge in [-0.2, -0.15) is 0 Å². The van der Waals surface area contributed by atoms with Crippen molar-refractivity contribution in [3.63, 3.8) is 0 Å². The smallest absolute Gasteiger partial charge is 0.253 e. The highest BCUT2D eigenvalue weighted by atomic mass is 16.2. The number of rotatable bonds is 3. The van der Waals surface area contributed by atoms with Crippen LogP contribution in [0.25, 0.3) is 0 Å². The summed E-state index contributed by atoms with van der Waals surface area (Å²) in [6, 6.07) is 9.57. The van der Waals surface area contributed by atoms with Gasteiger partial charge in [0.1, 0.15) is 0 Å². The van der Waals surface area contributed by atoms with Gasteiger partial charge in [0.15, 0.2) is 0 Å². The fourth-order valence-corrected chi connectivity index (χ4v) is 1.23. The van der Waals surface area contributed by atoms with Crippen molar-refractivity contribution in [3.05, 3.63) is 42.5 Å². The first-order valence-corrected chi connectivity index (χ1v) is 5.06. The molecule has 2 heteroatoms. The molecule has 0 spiro atoms. The molecule has 0 aliphatic carbocycles. The van der Waals surface area contributed by atoms with Crippen molar-refractivity contribution in [3.8, 4) is 0 Å². The second kappa shape index (κ2) is 4.78. The minimum absolute atomic E-state index is 0.0174. The van der Waals surface area contributed by atoms with Crippen LogP contribution in [0.2, 0.25) is 0 Å². The second-order valence-electron chi connectivity index (χ2n) is 3.88. The number of hydrogen-bond acceptors (Lipinski definition) is 1. The number of carbonyl (C=O) groups excluding carboxylic acids is 1. The number of likely N-dealkylation sites (N-methyl/N-ethyl adjacent to an activating group) is 1. The van der Waals surface area contributed by atoms with Crippen molar-refractivity contribution in [2.45, 2.75) is 13.8 Å². The highest BCUT2D eigenvalue weighted by Crippen LogP contribution is 2.16. The molecule has 0 radical (unpaired) electrons. The van der Waals surface area contributed by atoms with E-state index in [-0.39, 0.29) is 11.8 Å². The highest BCUT2D eigenvalue weighted by molar-refractivity contribution is 6.04. The van der Waals surface area contributed by atoms with Crippen LogP contribution in [0.15, 0.2) is 42.5 Å². The van der Waals surface area contributed by atoms with E-state index in [0.717, 1.165) is 5.69 Å². The number of carbonyl (C=O) groups is 1. The average Bonchev–Trinajstić information content (AvgIpc) is 2.27. The van der Waals surface area contributed by atoms with Crippen LogP contribution in [0.3, 0.4) is 0 Å². The van der Waals surface area contributed by atoms with Gasteiger partial charge in [-0.15, -0.1) is 0 Å². The molecule has 2 nitrogen and oxygen atoms in total. The molecular weight excluding hydrogens is 186 g/mol. The summed E-state index contributed by atoms with van der Waals surface area (Å²) >= 11 is 0. The maximum Gasteiger partial charge on any atom is 0.253 e. The maximum atomic E-state index is 11.9. The quantitative estimate of drug-likeness (QED) is 0.692. The Morgan fingerprint density at radius 3 is 2.27 bits per heavy atom. The zero-order valence-corrected chi connectivity index (χ0v) is 9.53. The topological polar surface area (TPSA) is 20.3 Å². The van der Waals surface area contributed by atoms with Crippen LogP contribution in [0.1, 0.15) is 13.8 Å². The summed E-state index contributed by atoms with van der Waals surface area (Å²) in [5.74, 6) is 0.167. The van der Waals surface area contributed by atoms with Gasteiger partial charge in [0.05, 0.1) is 0 Å². The molecule has 0 bridgehead atoms. The van der Waals surface area contributed by atoms with Crippen molar-refractivity contribution in [2.24, 2.45) is 5.92 Å². The van der Waals surface area contributed by atoms with E-state index in [0.29, 0.717) is 5.57 Å². The summed E-state index contributed by atoms with van der Waals surface area (Å²) < 4.78 is 0. The molecule has 1 aromatic carbocycles. The van der Waals surface area contributed by atoms with Crippen molar-refractivity contribution < 1.29 is 4.79 Å². The van der Waals surface area contributed by atoms with E-state index < -0.39 is 0 Å². The minimum Gasteiger partial charge on any atom is -0.312 e. The van der Waals surface area contributed by atoms with Gasteiger partial charge in [-0.3, -0.25) is 4.79 Å². The summed E-state index contributed by atoms with van der Waals surface area (Å²) in [4.78, 5) is 13.5. The molecule has 1 amide bonds. The molecule has 1 rings (SSSR count). The van der Waals surface area contributed by atoms with Crippen molar-refractivity contribution in [2.75, 3.05) is 11.9 Å². The highest BCUT2D eigenvalue weighted by Gasteiger charge is 2.16. The monoisotopic (exact) mass is 203 g/mol. The van der Waals surface area contributed by atoms with Gasteiger partial charge >= 0.3 is 0 Å². The number of amides is 1. The summed E-state index contributed by atoms with van der Waals surface area (Å²) in [6.45, 7) is 7.75. The van der Waals surface area contributed by atoms with Gasteiger partial charge < -0.3 is 4.90 Å².